The first-order chi connectivity index (χ1) is 13.1. The van der Waals surface area contributed by atoms with Crippen molar-refractivity contribution < 1.29 is 14.4 Å². The van der Waals surface area contributed by atoms with Crippen molar-refractivity contribution in [3.63, 3.8) is 0 Å². The molecule has 0 atom stereocenters. The van der Waals surface area contributed by atoms with E-state index in [0.29, 0.717) is 23.3 Å². The molecule has 1 fully saturated rings. The number of hydrogen-bond donors (Lipinski definition) is 2. The van der Waals surface area contributed by atoms with Crippen LogP contribution >= 0.6 is 23.1 Å². The molecule has 1 aliphatic heterocycles. The number of benzene rings is 2. The second-order valence-electron chi connectivity index (χ2n) is 5.79. The Hall–Kier alpha value is -2.97. The van der Waals surface area contributed by atoms with Gasteiger partial charge in [-0.25, -0.2) is 4.98 Å². The van der Waals surface area contributed by atoms with Gasteiger partial charge in [0.25, 0.3) is 17.1 Å². The molecule has 0 spiro atoms. The van der Waals surface area contributed by atoms with Gasteiger partial charge in [-0.2, -0.15) is 0 Å². The topological polar surface area (TPSA) is 88.2 Å². The smallest absolute Gasteiger partial charge is 0.290 e. The second kappa shape index (κ2) is 7.34. The number of rotatable bonds is 4. The molecule has 8 heteroatoms. The van der Waals surface area contributed by atoms with Crippen LogP contribution in [0.4, 0.5) is 9.93 Å². The van der Waals surface area contributed by atoms with E-state index in [4.69, 9.17) is 0 Å². The van der Waals surface area contributed by atoms with Crippen molar-refractivity contribution in [3.8, 4) is 0 Å². The molecule has 4 rings (SSSR count). The average Bonchev–Trinajstić information content (AvgIpc) is 3.21. The summed E-state index contributed by atoms with van der Waals surface area (Å²) in [6.45, 7) is 0. The van der Waals surface area contributed by atoms with Crippen LogP contribution in [0.5, 0.6) is 0 Å². The van der Waals surface area contributed by atoms with E-state index in [1.54, 1.807) is 6.20 Å². The van der Waals surface area contributed by atoms with Gasteiger partial charge in [-0.05, 0) is 28.1 Å². The number of imide groups is 1. The number of nitrogens with zero attached hydrogens (tertiary/aromatic N) is 1. The van der Waals surface area contributed by atoms with Crippen LogP contribution in [0.1, 0.15) is 10.4 Å². The van der Waals surface area contributed by atoms with E-state index >= 15 is 0 Å². The highest BCUT2D eigenvalue weighted by atomic mass is 32.2. The molecule has 0 radical (unpaired) electrons. The summed E-state index contributed by atoms with van der Waals surface area (Å²) in [5.74, 6) is -1.05. The van der Waals surface area contributed by atoms with Crippen LogP contribution in [0, 0.1) is 0 Å². The molecule has 2 aromatic carbocycles. The van der Waals surface area contributed by atoms with E-state index in [1.807, 2.05) is 18.2 Å². The van der Waals surface area contributed by atoms with E-state index in [9.17, 15) is 14.4 Å². The standard InChI is InChI=1S/C19H13N3O3S2/c23-16(9-15-17(24)22-19(25)27-15)21-18-20-10-13(26-18)8-12-6-3-5-11-4-1-2-7-14(11)12/h1-7,9-10H,8H2,(H,20,21,23)(H,22,24,25)/b15-9-. The maximum absolute atomic E-state index is 12.0. The SMILES string of the molecule is O=C(/C=C1\SC(=O)NC1=O)Nc1ncc(Cc2cccc3ccccc23)s1. The lowest BCUT2D eigenvalue weighted by molar-refractivity contribution is -0.116. The first kappa shape index (κ1) is 17.4. The van der Waals surface area contributed by atoms with Gasteiger partial charge < -0.3 is 0 Å². The number of hydrogen-bond acceptors (Lipinski definition) is 6. The number of carbonyl (C=O) groups is 3. The zero-order chi connectivity index (χ0) is 18.8. The molecule has 2 heterocycles. The van der Waals surface area contributed by atoms with E-state index in [1.165, 1.54) is 27.7 Å². The molecule has 0 aliphatic carbocycles. The number of fused-ring (bicyclic) bond motifs is 1. The quantitative estimate of drug-likeness (QED) is 0.658. The number of amides is 3. The highest BCUT2D eigenvalue weighted by Gasteiger charge is 2.26. The third kappa shape index (κ3) is 3.91. The predicted molar refractivity (Wildman–Crippen MR) is 107 cm³/mol. The Morgan fingerprint density at radius 1 is 1.15 bits per heavy atom. The van der Waals surface area contributed by atoms with Crippen LogP contribution in [-0.4, -0.2) is 22.0 Å². The van der Waals surface area contributed by atoms with Crippen molar-refractivity contribution >= 4 is 56.1 Å². The third-order valence-electron chi connectivity index (χ3n) is 3.93. The van der Waals surface area contributed by atoms with Gasteiger partial charge in [0.2, 0.25) is 0 Å². The Morgan fingerprint density at radius 2 is 1.96 bits per heavy atom. The zero-order valence-electron chi connectivity index (χ0n) is 13.9. The summed E-state index contributed by atoms with van der Waals surface area (Å²) >= 11 is 2.08. The van der Waals surface area contributed by atoms with Crippen LogP contribution in [0.3, 0.4) is 0 Å². The van der Waals surface area contributed by atoms with Crippen molar-refractivity contribution in [2.45, 2.75) is 6.42 Å². The van der Waals surface area contributed by atoms with Gasteiger partial charge in [0.15, 0.2) is 5.13 Å². The minimum atomic E-state index is -0.559. The Morgan fingerprint density at radius 3 is 2.78 bits per heavy atom. The summed E-state index contributed by atoms with van der Waals surface area (Å²) in [7, 11) is 0. The Kier molecular flexibility index (Phi) is 4.74. The summed E-state index contributed by atoms with van der Waals surface area (Å²) in [5, 5.41) is 7.08. The number of thiazole rings is 1. The molecule has 0 unspecified atom stereocenters. The van der Waals surface area contributed by atoms with Crippen LogP contribution in [0.15, 0.2) is 59.6 Å². The van der Waals surface area contributed by atoms with Crippen LogP contribution in [-0.2, 0) is 16.0 Å². The Labute approximate surface area is 162 Å². The minimum Gasteiger partial charge on any atom is -0.298 e. The zero-order valence-corrected chi connectivity index (χ0v) is 15.5. The molecular weight excluding hydrogens is 382 g/mol. The summed E-state index contributed by atoms with van der Waals surface area (Å²) < 4.78 is 0. The van der Waals surface area contributed by atoms with Crippen molar-refractivity contribution in [2.75, 3.05) is 5.32 Å². The maximum Gasteiger partial charge on any atom is 0.290 e. The lowest BCUT2D eigenvalue weighted by Gasteiger charge is -2.04. The highest BCUT2D eigenvalue weighted by molar-refractivity contribution is 8.18. The van der Waals surface area contributed by atoms with Crippen molar-refractivity contribution in [1.82, 2.24) is 10.3 Å². The monoisotopic (exact) mass is 395 g/mol. The number of aromatic nitrogens is 1. The fraction of sp³-hybridized carbons (Fsp3) is 0.0526. The van der Waals surface area contributed by atoms with Gasteiger partial charge in [-0.15, -0.1) is 11.3 Å². The van der Waals surface area contributed by atoms with Gasteiger partial charge in [0.1, 0.15) is 0 Å². The summed E-state index contributed by atoms with van der Waals surface area (Å²) in [6, 6.07) is 14.4. The van der Waals surface area contributed by atoms with Gasteiger partial charge >= 0.3 is 0 Å². The Bertz CT molecular complexity index is 1100. The molecule has 0 bridgehead atoms. The Balaban J connectivity index is 1.47. The molecule has 3 aromatic rings. The van der Waals surface area contributed by atoms with Crippen LogP contribution < -0.4 is 10.6 Å². The van der Waals surface area contributed by atoms with Gasteiger partial charge in [-0.1, -0.05) is 42.5 Å². The van der Waals surface area contributed by atoms with Gasteiger partial charge in [0, 0.05) is 23.6 Å². The number of anilines is 1. The molecule has 6 nitrogen and oxygen atoms in total. The van der Waals surface area contributed by atoms with Gasteiger partial charge in [-0.3, -0.25) is 25.0 Å². The van der Waals surface area contributed by atoms with E-state index in [-0.39, 0.29) is 4.91 Å². The minimum absolute atomic E-state index is 0.0741. The van der Waals surface area contributed by atoms with Gasteiger partial charge in [0.05, 0.1) is 4.91 Å². The lowest BCUT2D eigenvalue weighted by Crippen LogP contribution is -2.18. The number of carbonyl (C=O) groups excluding carboxylic acids is 3. The first-order valence-corrected chi connectivity index (χ1v) is 9.69. The molecule has 134 valence electrons. The third-order valence-corrected chi connectivity index (χ3v) is 5.66. The lowest BCUT2D eigenvalue weighted by atomic mass is 10.0. The van der Waals surface area contributed by atoms with Crippen molar-refractivity contribution in [1.29, 1.82) is 0 Å². The van der Waals surface area contributed by atoms with E-state index < -0.39 is 17.1 Å². The second-order valence-corrected chi connectivity index (χ2v) is 7.92. The van der Waals surface area contributed by atoms with Crippen molar-refractivity contribution in [3.05, 3.63) is 70.1 Å². The molecular formula is C19H13N3O3S2. The summed E-state index contributed by atoms with van der Waals surface area (Å²) in [4.78, 5) is 39.9. The molecule has 1 aliphatic rings. The van der Waals surface area contributed by atoms with E-state index in [0.717, 1.165) is 11.0 Å². The molecule has 1 saturated heterocycles. The largest absolute Gasteiger partial charge is 0.298 e. The maximum atomic E-state index is 12.0. The summed E-state index contributed by atoms with van der Waals surface area (Å²) in [5.41, 5.74) is 1.19. The molecule has 2 N–H and O–H groups in total. The summed E-state index contributed by atoms with van der Waals surface area (Å²) in [6.07, 6.45) is 3.55. The normalized spacial score (nSPS) is 15.3. The number of nitrogens with one attached hydrogen (secondary N) is 2. The average molecular weight is 395 g/mol. The van der Waals surface area contributed by atoms with E-state index in [2.05, 4.69) is 39.9 Å². The molecule has 0 saturated carbocycles. The van der Waals surface area contributed by atoms with Crippen LogP contribution in [0.25, 0.3) is 10.8 Å². The highest BCUT2D eigenvalue weighted by Crippen LogP contribution is 2.26. The molecule has 3 amide bonds. The first-order valence-electron chi connectivity index (χ1n) is 8.06. The molecule has 27 heavy (non-hydrogen) atoms. The molecule has 1 aromatic heterocycles. The van der Waals surface area contributed by atoms with Crippen LogP contribution in [0.2, 0.25) is 0 Å². The van der Waals surface area contributed by atoms with Crippen molar-refractivity contribution in [2.24, 2.45) is 0 Å². The number of thioether (sulfide) groups is 1. The fourth-order valence-corrected chi connectivity index (χ4v) is 4.25. The predicted octanol–water partition coefficient (Wildman–Crippen LogP) is 3.69. The fourth-order valence-electron chi connectivity index (χ4n) is 2.76.